The molecule has 1 atom stereocenters. The molecule has 12 nitrogen and oxygen atoms in total. The number of rotatable bonds is 9. The molecule has 1 aromatic rings. The topological polar surface area (TPSA) is 152 Å². The monoisotopic (exact) mass is 564 g/mol. The van der Waals surface area contributed by atoms with E-state index in [1.807, 2.05) is 0 Å². The van der Waals surface area contributed by atoms with Crippen molar-refractivity contribution >= 4 is 24.1 Å². The van der Waals surface area contributed by atoms with Crippen molar-refractivity contribution in [1.29, 1.82) is 0 Å². The number of carboxylic acid groups (broad SMARTS) is 1. The van der Waals surface area contributed by atoms with E-state index < -0.39 is 47.2 Å². The molecule has 3 amide bonds. The van der Waals surface area contributed by atoms with Gasteiger partial charge in [-0.25, -0.2) is 14.5 Å². The van der Waals surface area contributed by atoms with E-state index in [0.29, 0.717) is 12.3 Å². The fourth-order valence-electron chi connectivity index (χ4n) is 5.06. The van der Waals surface area contributed by atoms with Crippen LogP contribution in [0.5, 0.6) is 0 Å². The average molecular weight is 565 g/mol. The van der Waals surface area contributed by atoms with Crippen molar-refractivity contribution in [2.24, 2.45) is 5.92 Å². The summed E-state index contributed by atoms with van der Waals surface area (Å²) in [4.78, 5) is 56.7. The van der Waals surface area contributed by atoms with Gasteiger partial charge in [0.1, 0.15) is 11.2 Å². The molecule has 1 N–H and O–H groups in total. The van der Waals surface area contributed by atoms with Crippen LogP contribution in [0.3, 0.4) is 0 Å². The Kier molecular flexibility index (Phi) is 10.2. The highest BCUT2D eigenvalue weighted by molar-refractivity contribution is 5.92. The first-order valence-electron chi connectivity index (χ1n) is 14.2. The van der Waals surface area contributed by atoms with Crippen LogP contribution >= 0.6 is 0 Å². The summed E-state index contributed by atoms with van der Waals surface area (Å²) in [5.41, 5.74) is -1.67. The van der Waals surface area contributed by atoms with E-state index in [4.69, 9.17) is 14.0 Å². The lowest BCUT2D eigenvalue weighted by molar-refractivity contribution is -0.137. The van der Waals surface area contributed by atoms with Gasteiger partial charge in [0.25, 0.3) is 11.7 Å². The molecule has 1 aromatic heterocycles. The van der Waals surface area contributed by atoms with Crippen molar-refractivity contribution in [2.45, 2.75) is 122 Å². The van der Waals surface area contributed by atoms with Gasteiger partial charge in [0.2, 0.25) is 5.89 Å². The van der Waals surface area contributed by atoms with Gasteiger partial charge in [-0.2, -0.15) is 4.98 Å². The van der Waals surface area contributed by atoms with E-state index in [1.54, 1.807) is 41.5 Å². The van der Waals surface area contributed by atoms with Crippen LogP contribution in [0.2, 0.25) is 0 Å². The third kappa shape index (κ3) is 9.19. The molecule has 2 aliphatic rings. The molecule has 0 spiro atoms. The fraction of sp³-hybridized carbons (Fsp3) is 0.786. The Balaban J connectivity index is 1.62. The zero-order chi connectivity index (χ0) is 29.7. The zero-order valence-electron chi connectivity index (χ0n) is 24.6. The number of ether oxygens (including phenoxy) is 2. The van der Waals surface area contributed by atoms with Crippen molar-refractivity contribution in [3.05, 3.63) is 11.7 Å². The number of aromatic nitrogens is 2. The van der Waals surface area contributed by atoms with Crippen LogP contribution in [0.1, 0.15) is 122 Å². The number of likely N-dealkylation sites (tertiary alicyclic amines) is 1. The molecule has 3 rings (SSSR count). The first kappa shape index (κ1) is 31.3. The molecule has 2 fully saturated rings. The molecular weight excluding hydrogens is 520 g/mol. The lowest BCUT2D eigenvalue weighted by Gasteiger charge is -2.43. The largest absolute Gasteiger partial charge is 0.481 e. The van der Waals surface area contributed by atoms with Gasteiger partial charge in [-0.15, -0.1) is 0 Å². The second-order valence-electron chi connectivity index (χ2n) is 12.9. The summed E-state index contributed by atoms with van der Waals surface area (Å²) in [5.74, 6) is -1.35. The minimum atomic E-state index is -0.969. The minimum absolute atomic E-state index is 0.0428. The Hall–Kier alpha value is -3.18. The maximum atomic E-state index is 13.0. The lowest BCUT2D eigenvalue weighted by Crippen LogP contribution is -2.64. The maximum Gasteiger partial charge on any atom is 0.420 e. The molecule has 0 aromatic carbocycles. The molecule has 1 saturated heterocycles. The number of aliphatic carboxylic acids is 1. The van der Waals surface area contributed by atoms with Gasteiger partial charge in [0.15, 0.2) is 0 Å². The molecule has 1 aliphatic carbocycles. The van der Waals surface area contributed by atoms with Gasteiger partial charge in [0, 0.05) is 19.0 Å². The molecule has 12 heteroatoms. The third-order valence-corrected chi connectivity index (χ3v) is 6.99. The second-order valence-corrected chi connectivity index (χ2v) is 12.9. The summed E-state index contributed by atoms with van der Waals surface area (Å²) in [6, 6.07) is -0.653. The number of imide groups is 1. The molecular formula is C28H44N4O8. The third-order valence-electron chi connectivity index (χ3n) is 6.99. The number of carboxylic acids is 1. The van der Waals surface area contributed by atoms with Crippen molar-refractivity contribution < 1.29 is 38.3 Å². The van der Waals surface area contributed by atoms with Crippen molar-refractivity contribution in [1.82, 2.24) is 19.9 Å². The lowest BCUT2D eigenvalue weighted by atomic mass is 9.84. The highest BCUT2D eigenvalue weighted by Gasteiger charge is 2.45. The number of amides is 3. The van der Waals surface area contributed by atoms with Crippen molar-refractivity contribution in [3.63, 3.8) is 0 Å². The first-order chi connectivity index (χ1) is 18.6. The Morgan fingerprint density at radius 3 is 2.10 bits per heavy atom. The van der Waals surface area contributed by atoms with E-state index in [0.717, 1.165) is 17.7 Å². The Labute approximate surface area is 235 Å². The molecule has 1 saturated carbocycles. The smallest absolute Gasteiger partial charge is 0.420 e. The van der Waals surface area contributed by atoms with E-state index >= 15 is 0 Å². The predicted octanol–water partition coefficient (Wildman–Crippen LogP) is 5.38. The zero-order valence-corrected chi connectivity index (χ0v) is 24.6. The van der Waals surface area contributed by atoms with Crippen LogP contribution in [-0.2, 0) is 14.3 Å². The van der Waals surface area contributed by atoms with Gasteiger partial charge < -0.3 is 24.0 Å². The molecule has 0 unspecified atom stereocenters. The predicted molar refractivity (Wildman–Crippen MR) is 144 cm³/mol. The summed E-state index contributed by atoms with van der Waals surface area (Å²) in [7, 11) is 0. The van der Waals surface area contributed by atoms with Crippen LogP contribution in [0.15, 0.2) is 4.52 Å². The minimum Gasteiger partial charge on any atom is -0.481 e. The van der Waals surface area contributed by atoms with Crippen LogP contribution in [0.4, 0.5) is 9.59 Å². The van der Waals surface area contributed by atoms with Gasteiger partial charge in [0.05, 0.1) is 12.5 Å². The average Bonchev–Trinajstić information content (AvgIpc) is 3.28. The highest BCUT2D eigenvalue weighted by Crippen LogP contribution is 2.31. The maximum absolute atomic E-state index is 13.0. The van der Waals surface area contributed by atoms with E-state index in [-0.39, 0.29) is 31.2 Å². The SMILES string of the molecule is CC(C)(C)OC(=O)N(C(=O)OC(C)(C)C)C1CN(C(=O)c2noc([C@H](CCCC3CCCCC3)CC(=O)O)n2)C1. The number of carbonyl (C=O) groups is 4. The second kappa shape index (κ2) is 13.0. The molecule has 0 bridgehead atoms. The molecule has 2 heterocycles. The number of nitrogens with zero attached hydrogens (tertiary/aromatic N) is 4. The Morgan fingerprint density at radius 2 is 1.57 bits per heavy atom. The van der Waals surface area contributed by atoms with Crippen LogP contribution in [0, 0.1) is 5.92 Å². The van der Waals surface area contributed by atoms with Crippen LogP contribution in [-0.4, -0.2) is 79.4 Å². The van der Waals surface area contributed by atoms with Gasteiger partial charge >= 0.3 is 18.2 Å². The highest BCUT2D eigenvalue weighted by atomic mass is 16.6. The Bertz CT molecular complexity index is 1020. The van der Waals surface area contributed by atoms with Crippen molar-refractivity contribution in [2.75, 3.05) is 13.1 Å². The summed E-state index contributed by atoms with van der Waals surface area (Å²) < 4.78 is 16.1. The summed E-state index contributed by atoms with van der Waals surface area (Å²) in [6.45, 7) is 10.2. The van der Waals surface area contributed by atoms with Crippen molar-refractivity contribution in [3.8, 4) is 0 Å². The number of carbonyl (C=O) groups excluding carboxylic acids is 3. The summed E-state index contributed by atoms with van der Waals surface area (Å²) in [6.07, 6.45) is 6.84. The van der Waals surface area contributed by atoms with E-state index in [9.17, 15) is 24.3 Å². The fourth-order valence-corrected chi connectivity index (χ4v) is 5.06. The number of hydrogen-bond donors (Lipinski definition) is 1. The normalized spacial score (nSPS) is 17.6. The van der Waals surface area contributed by atoms with Gasteiger partial charge in [-0.3, -0.25) is 9.59 Å². The van der Waals surface area contributed by atoms with Crippen LogP contribution in [0.25, 0.3) is 0 Å². The van der Waals surface area contributed by atoms with E-state index in [2.05, 4.69) is 10.1 Å². The molecule has 224 valence electrons. The summed E-state index contributed by atoms with van der Waals surface area (Å²) >= 11 is 0. The standard InChI is InChI=1S/C28H44N4O8/c1-27(2,3)38-25(36)32(26(37)39-28(4,5)6)20-16-31(17-20)24(35)22-29-23(40-30-22)19(15-21(33)34)14-10-13-18-11-8-7-9-12-18/h18-20H,7-17H2,1-6H3,(H,33,34)/t19-/m1/s1. The first-order valence-corrected chi connectivity index (χ1v) is 14.2. The quantitative estimate of drug-likeness (QED) is 0.414. The van der Waals surface area contributed by atoms with E-state index in [1.165, 1.54) is 37.0 Å². The summed E-state index contributed by atoms with van der Waals surface area (Å²) in [5, 5.41) is 13.2. The molecule has 1 aliphatic heterocycles. The Morgan fingerprint density at radius 1 is 1.00 bits per heavy atom. The number of hydrogen-bond acceptors (Lipinski definition) is 9. The van der Waals surface area contributed by atoms with Crippen LogP contribution < -0.4 is 0 Å². The molecule has 40 heavy (non-hydrogen) atoms. The van der Waals surface area contributed by atoms with Gasteiger partial charge in [-0.05, 0) is 53.9 Å². The molecule has 0 radical (unpaired) electrons. The van der Waals surface area contributed by atoms with Gasteiger partial charge in [-0.1, -0.05) is 50.1 Å².